The van der Waals surface area contributed by atoms with Gasteiger partial charge in [-0.05, 0) is 62.5 Å². The normalized spacial score (nSPS) is 15.6. The summed E-state index contributed by atoms with van der Waals surface area (Å²) >= 11 is 0. The number of rotatable bonds is 5. The topological polar surface area (TPSA) is 106 Å². The van der Waals surface area contributed by atoms with Gasteiger partial charge in [-0.2, -0.15) is 0 Å². The molecule has 0 unspecified atom stereocenters. The van der Waals surface area contributed by atoms with Crippen LogP contribution in [0.5, 0.6) is 0 Å². The van der Waals surface area contributed by atoms with Gasteiger partial charge in [-0.15, -0.1) is 0 Å². The molecule has 2 aliphatic carbocycles. The molecule has 0 radical (unpaired) electrons. The number of hydrogen-bond acceptors (Lipinski definition) is 4. The van der Waals surface area contributed by atoms with Crippen molar-refractivity contribution >= 4 is 23.8 Å². The first-order chi connectivity index (χ1) is 13.5. The number of nitrogens with zero attached hydrogens (tertiary/aromatic N) is 1. The number of guanidine groups is 1. The van der Waals surface area contributed by atoms with Crippen LogP contribution in [0.15, 0.2) is 23.2 Å². The third-order valence-corrected chi connectivity index (χ3v) is 5.38. The van der Waals surface area contributed by atoms with Crippen molar-refractivity contribution in [1.82, 2.24) is 10.6 Å². The van der Waals surface area contributed by atoms with Crippen molar-refractivity contribution in [2.24, 2.45) is 16.8 Å². The molecule has 3 rings (SSSR count). The number of amides is 2. The number of hydrogen-bond donors (Lipinski definition) is 4. The first-order valence-corrected chi connectivity index (χ1v) is 10.00. The van der Waals surface area contributed by atoms with Crippen molar-refractivity contribution in [3.05, 3.63) is 29.3 Å². The van der Waals surface area contributed by atoms with Crippen molar-refractivity contribution in [2.75, 3.05) is 18.4 Å². The Labute approximate surface area is 166 Å². The number of aryl methyl sites for hydroxylation is 2. The van der Waals surface area contributed by atoms with Crippen molar-refractivity contribution in [3.8, 4) is 0 Å². The lowest BCUT2D eigenvalue weighted by Gasteiger charge is -2.25. The van der Waals surface area contributed by atoms with E-state index in [9.17, 15) is 9.59 Å². The molecule has 1 aromatic rings. The van der Waals surface area contributed by atoms with Gasteiger partial charge in [-0.25, -0.2) is 14.6 Å². The minimum Gasteiger partial charge on any atom is -0.338 e. The van der Waals surface area contributed by atoms with E-state index in [2.05, 4.69) is 20.9 Å². The summed E-state index contributed by atoms with van der Waals surface area (Å²) in [4.78, 5) is 24.7. The molecule has 28 heavy (non-hydrogen) atoms. The van der Waals surface area contributed by atoms with Crippen LogP contribution in [0.25, 0.3) is 0 Å². The van der Waals surface area contributed by atoms with Crippen molar-refractivity contribution in [3.63, 3.8) is 0 Å². The zero-order valence-corrected chi connectivity index (χ0v) is 16.8. The van der Waals surface area contributed by atoms with Gasteiger partial charge in [-0.3, -0.25) is 10.7 Å². The fraction of sp³-hybridized carbons (Fsp3) is 0.571. The molecule has 0 spiro atoms. The lowest BCUT2D eigenvalue weighted by atomic mass is 9.85. The van der Waals surface area contributed by atoms with E-state index >= 15 is 0 Å². The summed E-state index contributed by atoms with van der Waals surface area (Å²) < 4.78 is 0. The molecule has 1 aromatic carbocycles. The lowest BCUT2D eigenvalue weighted by molar-refractivity contribution is 0.236. The van der Waals surface area contributed by atoms with Gasteiger partial charge in [0.2, 0.25) is 12.0 Å². The van der Waals surface area contributed by atoms with Crippen LogP contribution in [0.1, 0.15) is 49.7 Å². The molecular weight excluding hydrogens is 354 g/mol. The van der Waals surface area contributed by atoms with Crippen LogP contribution in [0.3, 0.4) is 0 Å². The van der Waals surface area contributed by atoms with Gasteiger partial charge in [0.05, 0.1) is 6.54 Å². The average molecular weight is 386 g/mol. The van der Waals surface area contributed by atoms with Gasteiger partial charge >= 0.3 is 6.03 Å². The molecule has 2 fully saturated rings. The molecule has 0 saturated heterocycles. The maximum Gasteiger partial charge on any atom is 0.321 e. The molecule has 4 N–H and O–H groups in total. The summed E-state index contributed by atoms with van der Waals surface area (Å²) in [7, 11) is 0. The molecule has 2 aliphatic rings. The van der Waals surface area contributed by atoms with Gasteiger partial charge in [0, 0.05) is 12.2 Å². The molecule has 0 aliphatic heterocycles. The molecule has 0 bridgehead atoms. The van der Waals surface area contributed by atoms with Gasteiger partial charge in [0.1, 0.15) is 0 Å². The molecular formula is C21H31N5O2. The standard InChI is InChI=1S/C15H22N4O.C6H9NO/c1-10-5-3-6-11(2)13(10)18-14(16)19-15(20)17-9-12-7-4-8-12;8-5-7-4-6-2-1-3-6/h3,5-6,12H,4,7-9H2,1-2H3,(H4,16,17,18,19,20);6H,1-4H2. The Hall–Kier alpha value is -2.66. The maximum atomic E-state index is 11.7. The van der Waals surface area contributed by atoms with Crippen molar-refractivity contribution < 1.29 is 9.59 Å². The third-order valence-electron chi connectivity index (χ3n) is 5.38. The molecule has 0 heterocycles. The second kappa shape index (κ2) is 11.2. The molecule has 0 atom stereocenters. The van der Waals surface area contributed by atoms with Crippen molar-refractivity contribution in [2.45, 2.75) is 52.4 Å². The Morgan fingerprint density at radius 1 is 1.14 bits per heavy atom. The number of para-hydroxylation sites is 1. The Balaban J connectivity index is 0.000000292. The molecule has 152 valence electrons. The molecule has 7 nitrogen and oxygen atoms in total. The minimum atomic E-state index is -0.319. The van der Waals surface area contributed by atoms with Crippen LogP contribution >= 0.6 is 0 Å². The highest BCUT2D eigenvalue weighted by atomic mass is 16.2. The highest BCUT2D eigenvalue weighted by molar-refractivity contribution is 6.02. The van der Waals surface area contributed by atoms with Crippen LogP contribution in [-0.4, -0.2) is 31.2 Å². The van der Waals surface area contributed by atoms with Gasteiger partial charge in [0.15, 0.2) is 0 Å². The third kappa shape index (κ3) is 7.16. The molecule has 2 saturated carbocycles. The summed E-state index contributed by atoms with van der Waals surface area (Å²) in [5.74, 6) is 1.31. The van der Waals surface area contributed by atoms with Gasteiger partial charge < -0.3 is 10.6 Å². The number of carbonyl (C=O) groups excluding carboxylic acids is 2. The Morgan fingerprint density at radius 2 is 1.75 bits per heavy atom. The van der Waals surface area contributed by atoms with Gasteiger partial charge in [-0.1, -0.05) is 31.0 Å². The van der Waals surface area contributed by atoms with Crippen LogP contribution in [0.4, 0.5) is 10.5 Å². The van der Waals surface area contributed by atoms with E-state index in [-0.39, 0.29) is 12.0 Å². The summed E-state index contributed by atoms with van der Waals surface area (Å²) in [6.45, 7) is 5.35. The van der Waals surface area contributed by atoms with Crippen LogP contribution in [0, 0.1) is 31.1 Å². The van der Waals surface area contributed by atoms with E-state index in [1.165, 1.54) is 38.5 Å². The number of carbonyl (C=O) groups is 1. The zero-order valence-electron chi connectivity index (χ0n) is 16.8. The quantitative estimate of drug-likeness (QED) is 0.351. The highest BCUT2D eigenvalue weighted by Gasteiger charge is 2.18. The molecule has 7 heteroatoms. The summed E-state index contributed by atoms with van der Waals surface area (Å²) in [5.41, 5.74) is 2.97. The predicted octanol–water partition coefficient (Wildman–Crippen LogP) is 3.87. The predicted molar refractivity (Wildman–Crippen MR) is 111 cm³/mol. The molecule has 0 aromatic heterocycles. The Bertz CT molecular complexity index is 699. The number of aliphatic imine (C=N–C) groups is 1. The fourth-order valence-electron chi connectivity index (χ4n) is 3.10. The maximum absolute atomic E-state index is 11.7. The second-order valence-electron chi connectivity index (χ2n) is 7.63. The first-order valence-electron chi connectivity index (χ1n) is 10.00. The SMILES string of the molecule is Cc1cccc(C)c1NC(=N)NC(=O)NCC1CCC1.O=C=NCC1CCC1. The summed E-state index contributed by atoms with van der Waals surface area (Å²) in [6.07, 6.45) is 9.02. The van der Waals surface area contributed by atoms with Crippen molar-refractivity contribution in [1.29, 1.82) is 5.41 Å². The second-order valence-corrected chi connectivity index (χ2v) is 7.63. The Morgan fingerprint density at radius 3 is 2.25 bits per heavy atom. The summed E-state index contributed by atoms with van der Waals surface area (Å²) in [5, 5.41) is 16.1. The van der Waals surface area contributed by atoms with E-state index < -0.39 is 0 Å². The lowest BCUT2D eigenvalue weighted by Crippen LogP contribution is -2.44. The smallest absolute Gasteiger partial charge is 0.321 e. The van der Waals surface area contributed by atoms with Crippen LogP contribution in [0.2, 0.25) is 0 Å². The largest absolute Gasteiger partial charge is 0.338 e. The Kier molecular flexibility index (Phi) is 8.69. The summed E-state index contributed by atoms with van der Waals surface area (Å²) in [6, 6.07) is 5.59. The number of urea groups is 1. The monoisotopic (exact) mass is 385 g/mol. The van der Waals surface area contributed by atoms with Gasteiger partial charge in [0.25, 0.3) is 0 Å². The van der Waals surface area contributed by atoms with E-state index in [0.29, 0.717) is 24.9 Å². The fourth-order valence-corrected chi connectivity index (χ4v) is 3.10. The van der Waals surface area contributed by atoms with E-state index in [0.717, 1.165) is 16.8 Å². The van der Waals surface area contributed by atoms with E-state index in [1.54, 1.807) is 6.08 Å². The number of isocyanates is 1. The van der Waals surface area contributed by atoms with Crippen LogP contribution in [-0.2, 0) is 4.79 Å². The highest BCUT2D eigenvalue weighted by Crippen LogP contribution is 2.26. The van der Waals surface area contributed by atoms with E-state index in [4.69, 9.17) is 5.41 Å². The molecule has 2 amide bonds. The van der Waals surface area contributed by atoms with E-state index in [1.807, 2.05) is 32.0 Å². The average Bonchev–Trinajstić information content (AvgIpc) is 2.56. The zero-order chi connectivity index (χ0) is 20.4. The first kappa shape index (κ1) is 21.6. The number of nitrogens with one attached hydrogen (secondary N) is 4. The minimum absolute atomic E-state index is 0.00601. The van der Waals surface area contributed by atoms with Crippen LogP contribution < -0.4 is 16.0 Å². The number of benzene rings is 1. The number of anilines is 1.